The number of aliphatic imine (C=N–C) groups is 2. The summed E-state index contributed by atoms with van der Waals surface area (Å²) >= 11 is -0.361. The summed E-state index contributed by atoms with van der Waals surface area (Å²) in [5.41, 5.74) is 10.4. The minimum atomic E-state index is -2.31. The number of nitrogens with zero attached hydrogens (tertiary/aromatic N) is 4. The van der Waals surface area contributed by atoms with Crippen molar-refractivity contribution in [2.45, 2.75) is 79.3 Å². The van der Waals surface area contributed by atoms with Crippen LogP contribution in [-0.4, -0.2) is 31.9 Å². The van der Waals surface area contributed by atoms with Gasteiger partial charge in [-0.15, -0.1) is 0 Å². The maximum absolute atomic E-state index is 6.83. The monoisotopic (exact) mass is 784 g/mol. The molecule has 248 valence electrons. The van der Waals surface area contributed by atoms with Gasteiger partial charge in [0.25, 0.3) is 0 Å². The molecule has 1 atom stereocenters. The van der Waals surface area contributed by atoms with E-state index in [1.54, 1.807) is 0 Å². The van der Waals surface area contributed by atoms with E-state index in [1.807, 2.05) is 33.0 Å². The second-order valence-corrected chi connectivity index (χ2v) is 18.9. The molecule has 1 unspecified atom stereocenters. The van der Waals surface area contributed by atoms with Crippen molar-refractivity contribution in [3.8, 4) is 5.75 Å². The molecular formula is C33H44Cl4FeN4OSiTi-2. The van der Waals surface area contributed by atoms with Crippen LogP contribution < -0.4 is 4.43 Å². The van der Waals surface area contributed by atoms with E-state index in [9.17, 15) is 0 Å². The van der Waals surface area contributed by atoms with Gasteiger partial charge in [0.05, 0.1) is 34.2 Å². The van der Waals surface area contributed by atoms with Crippen LogP contribution in [0.15, 0.2) is 58.5 Å². The number of hydrogen-bond acceptors (Lipinski definition) is 4. The standard InChI is InChI=1S/C32H41N4OSi.CH3.4ClH.Fe.Ti/c1-21-13-11-14-22(2)31(21)34-25(5)29-19-27(37-38(8,33-7)28-17-9-10-18-28)20-30(36-29)26(6)35-32-23(3)15-12-16-24(32)4;;;;;;;/h11-16,19-20,28H,9-10,17-18H2,1-8H3;1H3;4*1H;;/q2*-1;;;;;2*+2/p-4. The maximum atomic E-state index is 6.83. The van der Waals surface area contributed by atoms with E-state index in [1.165, 1.54) is 25.7 Å². The van der Waals surface area contributed by atoms with Crippen molar-refractivity contribution in [2.75, 3.05) is 7.05 Å². The number of hydrogen-bond donors (Lipinski definition) is 0. The molecule has 0 N–H and O–H groups in total. The molecule has 0 amide bonds. The van der Waals surface area contributed by atoms with Crippen LogP contribution in [0.3, 0.4) is 0 Å². The van der Waals surface area contributed by atoms with Crippen LogP contribution in [0.1, 0.15) is 73.2 Å². The number of halogens is 4. The van der Waals surface area contributed by atoms with Gasteiger partial charge in [-0.1, -0.05) is 68.6 Å². The van der Waals surface area contributed by atoms with Gasteiger partial charge in [-0.25, -0.2) is 4.98 Å². The average Bonchev–Trinajstić information content (AvgIpc) is 3.54. The summed E-state index contributed by atoms with van der Waals surface area (Å²) in [4.78, 5) is 20.0. The fraction of sp³-hybridized carbons (Fsp3) is 0.394. The van der Waals surface area contributed by atoms with Crippen LogP contribution in [0.4, 0.5) is 11.4 Å². The second-order valence-electron chi connectivity index (χ2n) is 10.9. The summed E-state index contributed by atoms with van der Waals surface area (Å²) in [5.74, 6) is 0.809. The summed E-state index contributed by atoms with van der Waals surface area (Å²) in [6.07, 6.45) is 4.93. The van der Waals surface area contributed by atoms with Gasteiger partial charge in [0, 0.05) is 12.1 Å². The number of pyridine rings is 1. The number of rotatable bonds is 8. The zero-order chi connectivity index (χ0) is 32.9. The number of benzene rings is 2. The average molecular weight is 786 g/mol. The van der Waals surface area contributed by atoms with Gasteiger partial charge in [-0.2, -0.15) is 7.05 Å². The van der Waals surface area contributed by atoms with E-state index in [-0.39, 0.29) is 20.6 Å². The fourth-order valence-electron chi connectivity index (χ4n) is 5.36. The summed E-state index contributed by atoms with van der Waals surface area (Å²) < 4.78 is 6.83. The van der Waals surface area contributed by atoms with Crippen LogP contribution in [-0.2, 0) is 30.2 Å². The molecule has 0 radical (unpaired) electrons. The van der Waals surface area contributed by atoms with Crippen molar-refractivity contribution in [1.29, 1.82) is 0 Å². The third kappa shape index (κ3) is 12.7. The molecular weight excluding hydrogens is 742 g/mol. The molecule has 0 aliphatic heterocycles. The third-order valence-electron chi connectivity index (χ3n) is 7.86. The molecule has 1 aliphatic rings. The Hall–Kier alpha value is -0.699. The molecule has 1 heterocycles. The molecule has 0 saturated heterocycles. The van der Waals surface area contributed by atoms with Crippen molar-refractivity contribution in [1.82, 2.24) is 4.98 Å². The molecule has 45 heavy (non-hydrogen) atoms. The minimum absolute atomic E-state index is 0. The molecule has 5 nitrogen and oxygen atoms in total. The van der Waals surface area contributed by atoms with Gasteiger partial charge < -0.3 is 16.8 Å². The van der Waals surface area contributed by atoms with Crippen molar-refractivity contribution >= 4 is 70.1 Å². The number of para-hydroxylation sites is 2. The molecule has 0 spiro atoms. The van der Waals surface area contributed by atoms with Crippen LogP contribution >= 0.6 is 38.8 Å². The first kappa shape index (κ1) is 42.3. The van der Waals surface area contributed by atoms with Crippen LogP contribution in [0, 0.1) is 35.1 Å². The van der Waals surface area contributed by atoms with Gasteiger partial charge in [0.1, 0.15) is 14.2 Å². The van der Waals surface area contributed by atoms with E-state index in [4.69, 9.17) is 63.2 Å². The van der Waals surface area contributed by atoms with E-state index in [0.717, 1.165) is 62.2 Å². The van der Waals surface area contributed by atoms with E-state index >= 15 is 0 Å². The van der Waals surface area contributed by atoms with Gasteiger partial charge in [0.15, 0.2) is 0 Å². The van der Waals surface area contributed by atoms with E-state index in [2.05, 4.69) is 70.6 Å². The Morgan fingerprint density at radius 3 is 1.56 bits per heavy atom. The molecule has 0 bridgehead atoms. The predicted molar refractivity (Wildman–Crippen MR) is 193 cm³/mol. The van der Waals surface area contributed by atoms with Crippen molar-refractivity contribution < 1.29 is 34.6 Å². The van der Waals surface area contributed by atoms with E-state index < -0.39 is 25.5 Å². The van der Waals surface area contributed by atoms with E-state index in [0.29, 0.717) is 5.54 Å². The van der Waals surface area contributed by atoms with Gasteiger partial charge in [-0.05, 0) is 69.3 Å². The van der Waals surface area contributed by atoms with Crippen LogP contribution in [0.25, 0.3) is 4.98 Å². The molecule has 4 rings (SSSR count). The Bertz CT molecular complexity index is 1310. The first-order chi connectivity index (χ1) is 20.9. The zero-order valence-electron chi connectivity index (χ0n) is 27.6. The van der Waals surface area contributed by atoms with Gasteiger partial charge >= 0.3 is 69.0 Å². The third-order valence-corrected chi connectivity index (χ3v) is 11.5. The second kappa shape index (κ2) is 21.3. The van der Waals surface area contributed by atoms with Gasteiger partial charge in [-0.3, -0.25) is 9.98 Å². The Balaban J connectivity index is 0.00000134. The molecule has 1 aliphatic carbocycles. The topological polar surface area (TPSA) is 60.9 Å². The fourth-order valence-corrected chi connectivity index (χ4v) is 8.06. The summed E-state index contributed by atoms with van der Waals surface area (Å²) in [7, 11) is 18.9. The van der Waals surface area contributed by atoms with Crippen LogP contribution in [0.5, 0.6) is 5.75 Å². The predicted octanol–water partition coefficient (Wildman–Crippen LogP) is 12.2. The Morgan fingerprint density at radius 2 is 1.22 bits per heavy atom. The molecule has 12 heteroatoms. The summed E-state index contributed by atoms with van der Waals surface area (Å²) in [6, 6.07) is 16.6. The van der Waals surface area contributed by atoms with Crippen molar-refractivity contribution in [3.63, 3.8) is 0 Å². The first-order valence-electron chi connectivity index (χ1n) is 14.3. The number of aromatic nitrogens is 1. The van der Waals surface area contributed by atoms with Crippen LogP contribution in [0.2, 0.25) is 12.1 Å². The Morgan fingerprint density at radius 1 is 0.867 bits per heavy atom. The zero-order valence-corrected chi connectivity index (χ0v) is 34.3. The van der Waals surface area contributed by atoms with Crippen molar-refractivity contribution in [2.24, 2.45) is 9.98 Å². The quantitative estimate of drug-likeness (QED) is 0.130. The summed E-state index contributed by atoms with van der Waals surface area (Å²) in [5, 5.41) is 0. The first-order valence-corrected chi connectivity index (χ1v) is 24.1. The normalized spacial score (nSPS) is 14.8. The summed E-state index contributed by atoms with van der Waals surface area (Å²) in [6.45, 7) is 14.7. The molecule has 1 fully saturated rings. The molecule has 3 aromatic rings. The van der Waals surface area contributed by atoms with Gasteiger partial charge in [0.2, 0.25) is 0 Å². The molecule has 2 aromatic carbocycles. The molecule has 1 aromatic heterocycles. The number of aryl methyl sites for hydroxylation is 4. The molecule has 1 saturated carbocycles. The SMILES string of the molecule is C[N-][Si](C)(Oc1cc(C(C)=Nc2c(C)cccc2C)nc(C(C)=Nc2c(C)cccc2C)c1)C1CCCC1.[CH3-].[Cl][Fe][Cl].[Cl][Ti][Cl]. The Kier molecular flexibility index (Phi) is 20.0. The Labute approximate surface area is 303 Å². The van der Waals surface area contributed by atoms with Crippen molar-refractivity contribution in [3.05, 3.63) is 94.6 Å².